The number of carbonyl (C=O) groups is 2. The zero-order valence-corrected chi connectivity index (χ0v) is 14.6. The number of hydrogen-bond acceptors (Lipinski definition) is 5. The molecular formula is C19H21N3O4. The molecule has 7 heteroatoms. The zero-order chi connectivity index (χ0) is 19.1. The maximum atomic E-state index is 12.0. The molecule has 2 aromatic rings. The smallest absolute Gasteiger partial charge is 0.240 e. The first-order valence-electron chi connectivity index (χ1n) is 8.06. The van der Waals surface area contributed by atoms with Crippen LogP contribution in [0.15, 0.2) is 41.5 Å². The standard InChI is InChI=1S/C19H21N3O4/c1-12-3-4-13(2)16(9-12)21-18(25)7-8-19(26)22-20-11-14-5-6-15(23)10-17(14)24/h3-6,9-11,23-24H,7-8H2,1-2H3,(H,21,25)(H,22,26). The van der Waals surface area contributed by atoms with Gasteiger partial charge in [0.25, 0.3) is 0 Å². The van der Waals surface area contributed by atoms with Crippen LogP contribution in [0.5, 0.6) is 11.5 Å². The number of benzene rings is 2. The molecule has 0 atom stereocenters. The van der Waals surface area contributed by atoms with Crippen molar-refractivity contribution in [2.45, 2.75) is 26.7 Å². The summed E-state index contributed by atoms with van der Waals surface area (Å²) >= 11 is 0. The van der Waals surface area contributed by atoms with E-state index >= 15 is 0 Å². The van der Waals surface area contributed by atoms with E-state index in [2.05, 4.69) is 15.8 Å². The fraction of sp³-hybridized carbons (Fsp3) is 0.211. The lowest BCUT2D eigenvalue weighted by molar-refractivity contribution is -0.124. The molecule has 0 saturated carbocycles. The number of phenols is 2. The number of aryl methyl sites for hydroxylation is 2. The molecule has 0 aliphatic rings. The van der Waals surface area contributed by atoms with Crippen LogP contribution in [0.25, 0.3) is 0 Å². The number of carbonyl (C=O) groups excluding carboxylic acids is 2. The Balaban J connectivity index is 1.80. The van der Waals surface area contributed by atoms with Crippen molar-refractivity contribution < 1.29 is 19.8 Å². The van der Waals surface area contributed by atoms with Crippen molar-refractivity contribution in [2.24, 2.45) is 5.10 Å². The molecular weight excluding hydrogens is 334 g/mol. The molecule has 0 aliphatic heterocycles. The Morgan fingerprint density at radius 1 is 1.04 bits per heavy atom. The number of nitrogens with one attached hydrogen (secondary N) is 2. The quantitative estimate of drug-likeness (QED) is 0.471. The van der Waals surface area contributed by atoms with Gasteiger partial charge < -0.3 is 15.5 Å². The summed E-state index contributed by atoms with van der Waals surface area (Å²) < 4.78 is 0. The predicted octanol–water partition coefficient (Wildman–Crippen LogP) is 2.58. The first-order valence-corrected chi connectivity index (χ1v) is 8.06. The Morgan fingerprint density at radius 3 is 2.50 bits per heavy atom. The molecule has 0 aliphatic carbocycles. The van der Waals surface area contributed by atoms with Gasteiger partial charge in [-0.3, -0.25) is 9.59 Å². The first-order chi connectivity index (χ1) is 12.3. The SMILES string of the molecule is Cc1ccc(C)c(NC(=O)CCC(=O)NN=Cc2ccc(O)cc2O)c1. The van der Waals surface area contributed by atoms with Gasteiger partial charge in [-0.25, -0.2) is 5.43 Å². The number of rotatable bonds is 6. The van der Waals surface area contributed by atoms with Gasteiger partial charge in [-0.2, -0.15) is 5.10 Å². The van der Waals surface area contributed by atoms with Gasteiger partial charge >= 0.3 is 0 Å². The molecule has 2 rings (SSSR count). The van der Waals surface area contributed by atoms with Crippen LogP contribution in [0.1, 0.15) is 29.5 Å². The third-order valence-corrected chi connectivity index (χ3v) is 3.65. The zero-order valence-electron chi connectivity index (χ0n) is 14.6. The lowest BCUT2D eigenvalue weighted by Gasteiger charge is -2.09. The van der Waals surface area contributed by atoms with E-state index in [4.69, 9.17) is 0 Å². The summed E-state index contributed by atoms with van der Waals surface area (Å²) in [6, 6.07) is 9.77. The molecule has 26 heavy (non-hydrogen) atoms. The van der Waals surface area contributed by atoms with Crippen LogP contribution >= 0.6 is 0 Å². The Morgan fingerprint density at radius 2 is 1.77 bits per heavy atom. The highest BCUT2D eigenvalue weighted by Crippen LogP contribution is 2.20. The molecule has 0 fully saturated rings. The van der Waals surface area contributed by atoms with E-state index in [1.54, 1.807) is 0 Å². The van der Waals surface area contributed by atoms with Gasteiger partial charge in [-0.15, -0.1) is 0 Å². The molecule has 0 radical (unpaired) electrons. The third-order valence-electron chi connectivity index (χ3n) is 3.65. The average molecular weight is 355 g/mol. The summed E-state index contributed by atoms with van der Waals surface area (Å²) in [4.78, 5) is 23.7. The van der Waals surface area contributed by atoms with Crippen molar-refractivity contribution in [1.29, 1.82) is 0 Å². The van der Waals surface area contributed by atoms with Gasteiger partial charge in [0.1, 0.15) is 11.5 Å². The maximum absolute atomic E-state index is 12.0. The number of hydrogen-bond donors (Lipinski definition) is 4. The van der Waals surface area contributed by atoms with Gasteiger partial charge in [-0.1, -0.05) is 12.1 Å². The minimum atomic E-state index is -0.421. The highest BCUT2D eigenvalue weighted by molar-refractivity contribution is 5.94. The minimum Gasteiger partial charge on any atom is -0.508 e. The lowest BCUT2D eigenvalue weighted by atomic mass is 10.1. The van der Waals surface area contributed by atoms with E-state index in [-0.39, 0.29) is 30.2 Å². The topological polar surface area (TPSA) is 111 Å². The highest BCUT2D eigenvalue weighted by atomic mass is 16.3. The first kappa shape index (κ1) is 19.0. The summed E-state index contributed by atoms with van der Waals surface area (Å²) in [5.74, 6) is -0.904. The summed E-state index contributed by atoms with van der Waals surface area (Å²) in [6.07, 6.45) is 1.26. The summed E-state index contributed by atoms with van der Waals surface area (Å²) in [5, 5.41) is 25.3. The Hall–Kier alpha value is -3.35. The van der Waals surface area contributed by atoms with Gasteiger partial charge in [0.15, 0.2) is 0 Å². The molecule has 0 aromatic heterocycles. The summed E-state index contributed by atoms with van der Waals surface area (Å²) in [6.45, 7) is 3.83. The monoisotopic (exact) mass is 355 g/mol. The van der Waals surface area contributed by atoms with Crippen molar-refractivity contribution in [3.05, 3.63) is 53.1 Å². The summed E-state index contributed by atoms with van der Waals surface area (Å²) in [7, 11) is 0. The fourth-order valence-electron chi connectivity index (χ4n) is 2.18. The van der Waals surface area contributed by atoms with Crippen molar-refractivity contribution in [3.63, 3.8) is 0 Å². The normalized spacial score (nSPS) is 10.7. The van der Waals surface area contributed by atoms with Crippen LogP contribution in [0.2, 0.25) is 0 Å². The largest absolute Gasteiger partial charge is 0.508 e. The number of amides is 2. The second-order valence-corrected chi connectivity index (χ2v) is 5.90. The van der Waals surface area contributed by atoms with Crippen LogP contribution in [0.4, 0.5) is 5.69 Å². The van der Waals surface area contributed by atoms with Crippen molar-refractivity contribution in [3.8, 4) is 11.5 Å². The van der Waals surface area contributed by atoms with Crippen LogP contribution in [-0.2, 0) is 9.59 Å². The highest BCUT2D eigenvalue weighted by Gasteiger charge is 2.08. The number of aromatic hydroxyl groups is 2. The Kier molecular flexibility index (Phi) is 6.32. The van der Waals surface area contributed by atoms with Gasteiger partial charge in [-0.05, 0) is 43.2 Å². The third kappa shape index (κ3) is 5.62. The van der Waals surface area contributed by atoms with Crippen molar-refractivity contribution in [2.75, 3.05) is 5.32 Å². The second kappa shape index (κ2) is 8.66. The van der Waals surface area contributed by atoms with Crippen molar-refractivity contribution in [1.82, 2.24) is 5.43 Å². The molecule has 7 nitrogen and oxygen atoms in total. The minimum absolute atomic E-state index is 0.0183. The van der Waals surface area contributed by atoms with Crippen LogP contribution in [0, 0.1) is 13.8 Å². The van der Waals surface area contributed by atoms with Gasteiger partial charge in [0, 0.05) is 30.2 Å². The van der Waals surface area contributed by atoms with Crippen LogP contribution in [-0.4, -0.2) is 28.2 Å². The number of nitrogens with zero attached hydrogens (tertiary/aromatic N) is 1. The van der Waals surface area contributed by atoms with Crippen molar-refractivity contribution >= 4 is 23.7 Å². The Bertz CT molecular complexity index is 847. The predicted molar refractivity (Wildman–Crippen MR) is 99.3 cm³/mol. The summed E-state index contributed by atoms with van der Waals surface area (Å²) in [5.41, 5.74) is 5.35. The second-order valence-electron chi connectivity index (χ2n) is 5.90. The van der Waals surface area contributed by atoms with Gasteiger partial charge in [0.05, 0.1) is 6.21 Å². The van der Waals surface area contributed by atoms with Crippen LogP contribution in [0.3, 0.4) is 0 Å². The van der Waals surface area contributed by atoms with E-state index in [0.29, 0.717) is 5.56 Å². The van der Waals surface area contributed by atoms with E-state index in [1.807, 2.05) is 32.0 Å². The van der Waals surface area contributed by atoms with Gasteiger partial charge in [0.2, 0.25) is 11.8 Å². The molecule has 2 amide bonds. The molecule has 4 N–H and O–H groups in total. The number of hydrazone groups is 1. The van der Waals surface area contributed by atoms with Crippen LogP contribution < -0.4 is 10.7 Å². The van der Waals surface area contributed by atoms with E-state index in [1.165, 1.54) is 24.4 Å². The maximum Gasteiger partial charge on any atom is 0.240 e. The molecule has 0 spiro atoms. The average Bonchev–Trinajstić information content (AvgIpc) is 2.58. The molecule has 0 saturated heterocycles. The molecule has 0 unspecified atom stereocenters. The molecule has 0 bridgehead atoms. The fourth-order valence-corrected chi connectivity index (χ4v) is 2.18. The Labute approximate surface area is 151 Å². The number of anilines is 1. The van der Waals surface area contributed by atoms with E-state index in [0.717, 1.165) is 16.8 Å². The molecule has 2 aromatic carbocycles. The number of phenolic OH excluding ortho intramolecular Hbond substituents is 2. The molecule has 136 valence electrons. The van der Waals surface area contributed by atoms with E-state index in [9.17, 15) is 19.8 Å². The van der Waals surface area contributed by atoms with E-state index < -0.39 is 5.91 Å². The lowest BCUT2D eigenvalue weighted by Crippen LogP contribution is -2.20. The molecule has 0 heterocycles.